The molecule has 132 valence electrons. The molecule has 25 heavy (non-hydrogen) atoms. The molecule has 1 aliphatic heterocycles. The molecule has 5 nitrogen and oxygen atoms in total. The van der Waals surface area contributed by atoms with Gasteiger partial charge in [-0.15, -0.1) is 11.8 Å². The van der Waals surface area contributed by atoms with Crippen LogP contribution in [0.5, 0.6) is 0 Å². The summed E-state index contributed by atoms with van der Waals surface area (Å²) < 4.78 is 5.76. The van der Waals surface area contributed by atoms with E-state index in [1.807, 2.05) is 30.3 Å². The molecular formula is C19H23N3O2S. The van der Waals surface area contributed by atoms with Crippen molar-refractivity contribution in [2.75, 3.05) is 23.7 Å². The predicted molar refractivity (Wildman–Crippen MR) is 103 cm³/mol. The molecule has 6 heteroatoms. The second kappa shape index (κ2) is 9.32. The maximum Gasteiger partial charge on any atom is 0.250 e. The van der Waals surface area contributed by atoms with E-state index in [4.69, 9.17) is 4.42 Å². The molecule has 1 aromatic heterocycles. The topological polar surface area (TPSA) is 57.8 Å². The Morgan fingerprint density at radius 2 is 1.96 bits per heavy atom. The number of hydrogen-bond donors (Lipinski definition) is 1. The minimum absolute atomic E-state index is 0.111. The molecule has 2 heterocycles. The van der Waals surface area contributed by atoms with Gasteiger partial charge in [-0.05, 0) is 30.9 Å². The predicted octanol–water partition coefficient (Wildman–Crippen LogP) is 3.65. The van der Waals surface area contributed by atoms with Gasteiger partial charge in [-0.2, -0.15) is 5.10 Å². The highest BCUT2D eigenvalue weighted by atomic mass is 32.2. The van der Waals surface area contributed by atoms with Crippen LogP contribution in [0.15, 0.2) is 52.0 Å². The van der Waals surface area contributed by atoms with Crippen LogP contribution in [-0.4, -0.2) is 31.0 Å². The van der Waals surface area contributed by atoms with Crippen molar-refractivity contribution in [2.45, 2.75) is 25.0 Å². The summed E-state index contributed by atoms with van der Waals surface area (Å²) in [6, 6.07) is 13.9. The van der Waals surface area contributed by atoms with Crippen molar-refractivity contribution >= 4 is 29.8 Å². The Kier molecular flexibility index (Phi) is 6.56. The Hall–Kier alpha value is -2.21. The van der Waals surface area contributed by atoms with Crippen LogP contribution in [0.2, 0.25) is 0 Å². The minimum atomic E-state index is -0.111. The van der Waals surface area contributed by atoms with E-state index in [-0.39, 0.29) is 5.91 Å². The summed E-state index contributed by atoms with van der Waals surface area (Å²) in [5.41, 5.74) is 3.75. The Morgan fingerprint density at radius 1 is 1.16 bits per heavy atom. The zero-order chi connectivity index (χ0) is 17.3. The largest absolute Gasteiger partial charge is 0.440 e. The number of carbonyl (C=O) groups excluding carboxylic acids is 1. The molecule has 2 aromatic rings. The van der Waals surface area contributed by atoms with Gasteiger partial charge in [-0.3, -0.25) is 4.79 Å². The molecule has 0 atom stereocenters. The monoisotopic (exact) mass is 357 g/mol. The van der Waals surface area contributed by atoms with Crippen LogP contribution in [0, 0.1) is 0 Å². The minimum Gasteiger partial charge on any atom is -0.440 e. The fourth-order valence-corrected chi connectivity index (χ4v) is 3.51. The molecule has 1 amide bonds. The number of furan rings is 1. The van der Waals surface area contributed by atoms with Crippen molar-refractivity contribution in [1.29, 1.82) is 0 Å². The van der Waals surface area contributed by atoms with Crippen LogP contribution in [0.4, 0.5) is 5.88 Å². The zero-order valence-electron chi connectivity index (χ0n) is 14.2. The van der Waals surface area contributed by atoms with E-state index >= 15 is 0 Å². The van der Waals surface area contributed by atoms with Crippen LogP contribution in [0.25, 0.3) is 0 Å². The molecule has 0 radical (unpaired) electrons. The van der Waals surface area contributed by atoms with Crippen molar-refractivity contribution in [3.8, 4) is 0 Å². The van der Waals surface area contributed by atoms with Crippen molar-refractivity contribution < 1.29 is 9.21 Å². The Labute approximate surface area is 152 Å². The van der Waals surface area contributed by atoms with Gasteiger partial charge < -0.3 is 9.32 Å². The van der Waals surface area contributed by atoms with E-state index in [9.17, 15) is 4.79 Å². The summed E-state index contributed by atoms with van der Waals surface area (Å²) in [6.07, 6.45) is 5.26. The van der Waals surface area contributed by atoms with Crippen molar-refractivity contribution in [3.05, 3.63) is 53.8 Å². The SMILES string of the molecule is O=C(CSCc1ccccc1)N/N=C\c1ccc(N2CCCCC2)o1. The Bertz CT molecular complexity index is 694. The summed E-state index contributed by atoms with van der Waals surface area (Å²) in [5, 5.41) is 3.98. The van der Waals surface area contributed by atoms with Crippen molar-refractivity contribution in [1.82, 2.24) is 5.43 Å². The summed E-state index contributed by atoms with van der Waals surface area (Å²) >= 11 is 1.57. The second-order valence-electron chi connectivity index (χ2n) is 6.00. The quantitative estimate of drug-likeness (QED) is 0.607. The highest BCUT2D eigenvalue weighted by Gasteiger charge is 2.13. The number of benzene rings is 1. The molecule has 0 aliphatic carbocycles. The average molecular weight is 357 g/mol. The number of carbonyl (C=O) groups is 1. The number of nitrogens with one attached hydrogen (secondary N) is 1. The first kappa shape index (κ1) is 17.6. The second-order valence-corrected chi connectivity index (χ2v) is 6.98. The lowest BCUT2D eigenvalue weighted by molar-refractivity contribution is -0.118. The molecule has 0 spiro atoms. The smallest absolute Gasteiger partial charge is 0.250 e. The number of thioether (sulfide) groups is 1. The van der Waals surface area contributed by atoms with Crippen LogP contribution in [-0.2, 0) is 10.5 Å². The van der Waals surface area contributed by atoms with E-state index in [1.165, 1.54) is 24.8 Å². The fourth-order valence-electron chi connectivity index (χ4n) is 2.73. The van der Waals surface area contributed by atoms with Gasteiger partial charge in [0.1, 0.15) is 5.76 Å². The molecule has 3 rings (SSSR count). The maximum absolute atomic E-state index is 11.8. The number of hydrogen-bond acceptors (Lipinski definition) is 5. The third-order valence-corrected chi connectivity index (χ3v) is 5.01. The van der Waals surface area contributed by atoms with E-state index in [1.54, 1.807) is 18.0 Å². The highest BCUT2D eigenvalue weighted by molar-refractivity contribution is 7.99. The van der Waals surface area contributed by atoms with Crippen molar-refractivity contribution in [2.24, 2.45) is 5.10 Å². The molecule has 0 unspecified atom stereocenters. The van der Waals surface area contributed by atoms with E-state index in [2.05, 4.69) is 27.6 Å². The lowest BCUT2D eigenvalue weighted by Gasteiger charge is -2.25. The standard InChI is InChI=1S/C19H23N3O2S/c23-18(15-25-14-16-7-3-1-4-8-16)21-20-13-17-9-10-19(24-17)22-11-5-2-6-12-22/h1,3-4,7-10,13H,2,5-6,11-12,14-15H2,(H,21,23)/b20-13-. The van der Waals surface area contributed by atoms with Crippen LogP contribution in [0.3, 0.4) is 0 Å². The van der Waals surface area contributed by atoms with Gasteiger partial charge in [-0.25, -0.2) is 5.43 Å². The van der Waals surface area contributed by atoms with Crippen LogP contribution >= 0.6 is 11.8 Å². The van der Waals surface area contributed by atoms with Crippen LogP contribution < -0.4 is 10.3 Å². The summed E-state index contributed by atoms with van der Waals surface area (Å²) in [4.78, 5) is 14.0. The van der Waals surface area contributed by atoms with Gasteiger partial charge in [0.15, 0.2) is 5.88 Å². The molecule has 1 saturated heterocycles. The number of rotatable bonds is 7. The zero-order valence-corrected chi connectivity index (χ0v) is 15.0. The molecular weight excluding hydrogens is 334 g/mol. The lowest BCUT2D eigenvalue weighted by atomic mass is 10.1. The van der Waals surface area contributed by atoms with Gasteiger partial charge in [0.25, 0.3) is 0 Å². The van der Waals surface area contributed by atoms with Crippen molar-refractivity contribution in [3.63, 3.8) is 0 Å². The van der Waals surface area contributed by atoms with Gasteiger partial charge in [-0.1, -0.05) is 30.3 Å². The van der Waals surface area contributed by atoms with Crippen LogP contribution in [0.1, 0.15) is 30.6 Å². The lowest BCUT2D eigenvalue weighted by Crippen LogP contribution is -2.28. The molecule has 1 fully saturated rings. The first-order valence-electron chi connectivity index (χ1n) is 8.59. The normalized spacial score (nSPS) is 14.8. The highest BCUT2D eigenvalue weighted by Crippen LogP contribution is 2.21. The van der Waals surface area contributed by atoms with Gasteiger partial charge in [0, 0.05) is 24.9 Å². The summed E-state index contributed by atoms with van der Waals surface area (Å²) in [6.45, 7) is 2.08. The van der Waals surface area contributed by atoms with E-state index < -0.39 is 0 Å². The third kappa shape index (κ3) is 5.67. The number of hydrazone groups is 1. The van der Waals surface area contributed by atoms with E-state index in [0.717, 1.165) is 24.7 Å². The molecule has 1 N–H and O–H groups in total. The number of piperidine rings is 1. The number of anilines is 1. The third-order valence-electron chi connectivity index (χ3n) is 4.01. The van der Waals surface area contributed by atoms with E-state index in [0.29, 0.717) is 11.5 Å². The molecule has 1 aromatic carbocycles. The fraction of sp³-hybridized carbons (Fsp3) is 0.368. The summed E-state index contributed by atoms with van der Waals surface area (Å²) in [7, 11) is 0. The first-order chi connectivity index (χ1) is 12.3. The van der Waals surface area contributed by atoms with Gasteiger partial charge in [0.05, 0.1) is 12.0 Å². The Morgan fingerprint density at radius 3 is 2.76 bits per heavy atom. The molecule has 1 aliphatic rings. The Balaban J connectivity index is 1.39. The number of nitrogens with zero attached hydrogens (tertiary/aromatic N) is 2. The van der Waals surface area contributed by atoms with Gasteiger partial charge >= 0.3 is 0 Å². The van der Waals surface area contributed by atoms with Gasteiger partial charge in [0.2, 0.25) is 5.91 Å². The number of amides is 1. The average Bonchev–Trinajstić information content (AvgIpc) is 3.12. The molecule has 0 saturated carbocycles. The summed E-state index contributed by atoms with van der Waals surface area (Å²) in [5.74, 6) is 2.61. The molecule has 0 bridgehead atoms. The maximum atomic E-state index is 11.8. The first-order valence-corrected chi connectivity index (χ1v) is 9.75.